The molecule has 0 spiro atoms. The van der Waals surface area contributed by atoms with Crippen molar-refractivity contribution < 1.29 is 4.39 Å². The highest BCUT2D eigenvalue weighted by Gasteiger charge is 2.03. The monoisotopic (exact) mass is 216 g/mol. The molecule has 0 aliphatic rings. The lowest BCUT2D eigenvalue weighted by Gasteiger charge is -2.06. The molecule has 0 saturated heterocycles. The molecular formula is C13H13FN2. The maximum Gasteiger partial charge on any atom is 0.126 e. The normalized spacial score (nSPS) is 10.4. The van der Waals surface area contributed by atoms with E-state index in [-0.39, 0.29) is 5.82 Å². The van der Waals surface area contributed by atoms with Crippen LogP contribution in [0.2, 0.25) is 0 Å². The number of halogens is 1. The summed E-state index contributed by atoms with van der Waals surface area (Å²) in [6.07, 6.45) is 2.34. The molecule has 1 aromatic carbocycles. The summed E-state index contributed by atoms with van der Waals surface area (Å²) < 4.78 is 13.0. The summed E-state index contributed by atoms with van der Waals surface area (Å²) in [5, 5.41) is 0. The molecule has 2 N–H and O–H groups in total. The second kappa shape index (κ2) is 4.31. The van der Waals surface area contributed by atoms with Crippen molar-refractivity contribution in [3.8, 4) is 0 Å². The molecule has 0 aliphatic carbocycles. The van der Waals surface area contributed by atoms with Crippen molar-refractivity contribution in [1.82, 2.24) is 4.98 Å². The Morgan fingerprint density at radius 1 is 1.31 bits per heavy atom. The van der Waals surface area contributed by atoms with Gasteiger partial charge >= 0.3 is 0 Å². The van der Waals surface area contributed by atoms with Crippen LogP contribution >= 0.6 is 0 Å². The van der Waals surface area contributed by atoms with Crippen molar-refractivity contribution in [1.29, 1.82) is 0 Å². The highest BCUT2D eigenvalue weighted by molar-refractivity contribution is 5.43. The molecule has 2 nitrogen and oxygen atoms in total. The lowest BCUT2D eigenvalue weighted by molar-refractivity contribution is 0.626. The zero-order valence-corrected chi connectivity index (χ0v) is 9.07. The van der Waals surface area contributed by atoms with Gasteiger partial charge in [-0.2, -0.15) is 0 Å². The molecule has 0 bridgehead atoms. The molecule has 1 aromatic heterocycles. The van der Waals surface area contributed by atoms with E-state index in [9.17, 15) is 4.39 Å². The number of rotatable bonds is 2. The summed E-state index contributed by atoms with van der Waals surface area (Å²) in [6, 6.07) is 8.51. The summed E-state index contributed by atoms with van der Waals surface area (Å²) in [5.41, 5.74) is 8.66. The molecular weight excluding hydrogens is 203 g/mol. The van der Waals surface area contributed by atoms with Gasteiger partial charge < -0.3 is 5.73 Å². The number of hydrogen-bond donors (Lipinski definition) is 1. The van der Waals surface area contributed by atoms with Crippen LogP contribution in [0.4, 0.5) is 10.2 Å². The predicted molar refractivity (Wildman–Crippen MR) is 62.6 cm³/mol. The number of benzene rings is 1. The van der Waals surface area contributed by atoms with Crippen molar-refractivity contribution in [3.63, 3.8) is 0 Å². The van der Waals surface area contributed by atoms with Gasteiger partial charge in [0.15, 0.2) is 0 Å². The molecule has 0 aliphatic heterocycles. The van der Waals surface area contributed by atoms with Crippen LogP contribution in [0.25, 0.3) is 0 Å². The zero-order chi connectivity index (χ0) is 11.5. The minimum absolute atomic E-state index is 0.225. The Kier molecular flexibility index (Phi) is 2.86. The number of nitrogens with two attached hydrogens (primary N) is 1. The van der Waals surface area contributed by atoms with E-state index in [4.69, 9.17) is 5.73 Å². The highest BCUT2D eigenvalue weighted by atomic mass is 19.1. The van der Waals surface area contributed by atoms with Crippen LogP contribution in [0.3, 0.4) is 0 Å². The summed E-state index contributed by atoms with van der Waals surface area (Å²) in [4.78, 5) is 4.08. The first kappa shape index (κ1) is 10.6. The fourth-order valence-corrected chi connectivity index (χ4v) is 1.65. The van der Waals surface area contributed by atoms with Crippen LogP contribution in [0.5, 0.6) is 0 Å². The molecule has 0 atom stereocenters. The van der Waals surface area contributed by atoms with Crippen molar-refractivity contribution in [2.24, 2.45) is 0 Å². The quantitative estimate of drug-likeness (QED) is 0.838. The first-order valence-corrected chi connectivity index (χ1v) is 5.10. The van der Waals surface area contributed by atoms with Crippen molar-refractivity contribution in [3.05, 3.63) is 59.0 Å². The number of pyridine rings is 1. The number of nitrogens with zero attached hydrogens (tertiary/aromatic N) is 1. The maximum atomic E-state index is 13.0. The van der Waals surface area contributed by atoms with E-state index in [0.717, 1.165) is 16.7 Å². The third-order valence-electron chi connectivity index (χ3n) is 2.42. The van der Waals surface area contributed by atoms with Gasteiger partial charge in [-0.15, -0.1) is 0 Å². The summed E-state index contributed by atoms with van der Waals surface area (Å²) in [6.45, 7) is 1.96. The van der Waals surface area contributed by atoms with Crippen molar-refractivity contribution in [2.45, 2.75) is 13.3 Å². The molecule has 3 heteroatoms. The third-order valence-corrected chi connectivity index (χ3v) is 2.42. The van der Waals surface area contributed by atoms with Crippen LogP contribution in [0.1, 0.15) is 16.7 Å². The molecule has 0 amide bonds. The van der Waals surface area contributed by atoms with E-state index in [1.807, 2.05) is 19.1 Å². The van der Waals surface area contributed by atoms with Crippen LogP contribution in [0.15, 0.2) is 36.5 Å². The minimum Gasteiger partial charge on any atom is -0.383 e. The second-order valence-electron chi connectivity index (χ2n) is 3.86. The Bertz CT molecular complexity index is 509. The van der Waals surface area contributed by atoms with E-state index in [0.29, 0.717) is 12.2 Å². The molecule has 0 fully saturated rings. The first-order valence-electron chi connectivity index (χ1n) is 5.10. The van der Waals surface area contributed by atoms with Gasteiger partial charge in [0.25, 0.3) is 0 Å². The van der Waals surface area contributed by atoms with Crippen molar-refractivity contribution in [2.75, 3.05) is 5.73 Å². The molecule has 16 heavy (non-hydrogen) atoms. The minimum atomic E-state index is -0.225. The lowest BCUT2D eigenvalue weighted by Crippen LogP contribution is -1.99. The summed E-state index contributed by atoms with van der Waals surface area (Å²) in [7, 11) is 0. The van der Waals surface area contributed by atoms with Gasteiger partial charge in [-0.1, -0.05) is 18.2 Å². The average Bonchev–Trinajstić information content (AvgIpc) is 2.24. The van der Waals surface area contributed by atoms with Gasteiger partial charge in [-0.05, 0) is 35.7 Å². The maximum absolute atomic E-state index is 13.0. The van der Waals surface area contributed by atoms with Gasteiger partial charge in [0.1, 0.15) is 11.6 Å². The number of nitrogen functional groups attached to an aromatic ring is 1. The van der Waals surface area contributed by atoms with Gasteiger partial charge in [0, 0.05) is 12.6 Å². The van der Waals surface area contributed by atoms with Gasteiger partial charge in [-0.25, -0.2) is 9.37 Å². The second-order valence-corrected chi connectivity index (χ2v) is 3.86. The fraction of sp³-hybridized carbons (Fsp3) is 0.154. The Morgan fingerprint density at radius 2 is 2.12 bits per heavy atom. The fourth-order valence-electron chi connectivity index (χ4n) is 1.65. The van der Waals surface area contributed by atoms with Crippen LogP contribution < -0.4 is 5.73 Å². The van der Waals surface area contributed by atoms with Crippen molar-refractivity contribution >= 4 is 5.82 Å². The Labute approximate surface area is 93.9 Å². The highest BCUT2D eigenvalue weighted by Crippen LogP contribution is 2.16. The summed E-state index contributed by atoms with van der Waals surface area (Å²) >= 11 is 0. The van der Waals surface area contributed by atoms with Crippen LogP contribution in [0, 0.1) is 12.7 Å². The van der Waals surface area contributed by atoms with E-state index in [1.165, 1.54) is 12.1 Å². The average molecular weight is 216 g/mol. The number of hydrogen-bond acceptors (Lipinski definition) is 2. The molecule has 0 radical (unpaired) electrons. The number of aromatic nitrogens is 1. The molecule has 0 saturated carbocycles. The van der Waals surface area contributed by atoms with Gasteiger partial charge in [0.2, 0.25) is 0 Å². The summed E-state index contributed by atoms with van der Waals surface area (Å²) in [5.74, 6) is 0.284. The number of anilines is 1. The first-order chi connectivity index (χ1) is 7.65. The van der Waals surface area contributed by atoms with Crippen LogP contribution in [-0.2, 0) is 6.42 Å². The molecule has 1 heterocycles. The predicted octanol–water partition coefficient (Wildman–Crippen LogP) is 2.70. The Morgan fingerprint density at radius 3 is 2.88 bits per heavy atom. The van der Waals surface area contributed by atoms with E-state index in [1.54, 1.807) is 12.3 Å². The van der Waals surface area contributed by atoms with E-state index < -0.39 is 0 Å². The van der Waals surface area contributed by atoms with Crippen LogP contribution in [-0.4, -0.2) is 4.98 Å². The molecule has 0 unspecified atom stereocenters. The standard InChI is InChI=1S/C13H13FN2/c1-9-5-11(13(15)16-8-9)6-10-3-2-4-12(14)7-10/h2-5,7-8H,6H2,1H3,(H2,15,16). The lowest BCUT2D eigenvalue weighted by atomic mass is 10.0. The smallest absolute Gasteiger partial charge is 0.126 e. The van der Waals surface area contributed by atoms with Gasteiger partial charge in [-0.3, -0.25) is 0 Å². The Hall–Kier alpha value is -1.90. The molecule has 82 valence electrons. The van der Waals surface area contributed by atoms with E-state index in [2.05, 4.69) is 4.98 Å². The number of aryl methyl sites for hydroxylation is 1. The topological polar surface area (TPSA) is 38.9 Å². The van der Waals surface area contributed by atoms with Gasteiger partial charge in [0.05, 0.1) is 0 Å². The SMILES string of the molecule is Cc1cnc(N)c(Cc2cccc(F)c2)c1. The molecule has 2 rings (SSSR count). The largest absolute Gasteiger partial charge is 0.383 e. The molecule has 2 aromatic rings. The Balaban J connectivity index is 2.30. The zero-order valence-electron chi connectivity index (χ0n) is 9.07. The third kappa shape index (κ3) is 2.37. The van der Waals surface area contributed by atoms with E-state index >= 15 is 0 Å².